The minimum atomic E-state index is -0.549. The van der Waals surface area contributed by atoms with Gasteiger partial charge in [0.1, 0.15) is 0 Å². The van der Waals surface area contributed by atoms with Crippen LogP contribution in [0.3, 0.4) is 0 Å². The van der Waals surface area contributed by atoms with Gasteiger partial charge in [0.2, 0.25) is 0 Å². The smallest absolute Gasteiger partial charge is 0.247 e. The Morgan fingerprint density at radius 3 is 1.45 bits per heavy atom. The number of allylic oxidation sites excluding steroid dienone is 2. The monoisotopic (exact) mass is 310 g/mol. The van der Waals surface area contributed by atoms with Crippen molar-refractivity contribution in [3.63, 3.8) is 0 Å². The molecule has 0 unspecified atom stereocenters. The van der Waals surface area contributed by atoms with E-state index in [1.165, 1.54) is 25.7 Å². The van der Waals surface area contributed by atoms with Crippen LogP contribution in [0, 0.1) is 0 Å². The first-order chi connectivity index (χ1) is 10.7. The number of hydrogen-bond donors (Lipinski definition) is 0. The van der Waals surface area contributed by atoms with Gasteiger partial charge in [0.05, 0.1) is 12.8 Å². The molecule has 0 spiro atoms. The van der Waals surface area contributed by atoms with Crippen molar-refractivity contribution in [2.75, 3.05) is 0 Å². The number of hydrogen-bond acceptors (Lipinski definition) is 4. The van der Waals surface area contributed by atoms with E-state index in [0.717, 1.165) is 25.7 Å². The van der Waals surface area contributed by atoms with Crippen LogP contribution in [0.2, 0.25) is 0 Å². The molecule has 0 aliphatic heterocycles. The van der Waals surface area contributed by atoms with Gasteiger partial charge in [0, 0.05) is 0 Å². The fourth-order valence-corrected chi connectivity index (χ4v) is 1.78. The van der Waals surface area contributed by atoms with Crippen LogP contribution in [0.15, 0.2) is 24.3 Å². The Balaban J connectivity index is 3.58. The van der Waals surface area contributed by atoms with Crippen molar-refractivity contribution < 1.29 is 19.4 Å². The summed E-state index contributed by atoms with van der Waals surface area (Å²) in [5.41, 5.74) is 0. The van der Waals surface area contributed by atoms with E-state index < -0.39 is 11.9 Å². The molecular weight excluding hydrogens is 280 g/mol. The highest BCUT2D eigenvalue weighted by Gasteiger charge is 2.06. The Hall–Kier alpha value is -1.58. The van der Waals surface area contributed by atoms with Gasteiger partial charge in [-0.2, -0.15) is 0 Å². The second-order valence-electron chi connectivity index (χ2n) is 5.25. The average molecular weight is 310 g/mol. The molecule has 0 aromatic carbocycles. The minimum absolute atomic E-state index is 0.131. The Kier molecular flexibility index (Phi) is 14.7. The molecule has 0 atom stereocenters. The van der Waals surface area contributed by atoms with Crippen molar-refractivity contribution in [2.24, 2.45) is 0 Å². The zero-order chi connectivity index (χ0) is 16.5. The maximum atomic E-state index is 11.3. The molecule has 22 heavy (non-hydrogen) atoms. The molecule has 0 fully saturated rings. The van der Waals surface area contributed by atoms with Gasteiger partial charge in [-0.05, 0) is 25.7 Å². The van der Waals surface area contributed by atoms with Crippen LogP contribution in [0.1, 0.15) is 78.1 Å². The van der Waals surface area contributed by atoms with E-state index in [-0.39, 0.29) is 12.8 Å². The highest BCUT2D eigenvalue weighted by Crippen LogP contribution is 2.02. The summed E-state index contributed by atoms with van der Waals surface area (Å²) < 4.78 is 0. The first-order valence-corrected chi connectivity index (χ1v) is 8.40. The fourth-order valence-electron chi connectivity index (χ4n) is 1.78. The Bertz CT molecular complexity index is 311. The van der Waals surface area contributed by atoms with Crippen LogP contribution < -0.4 is 0 Å². The molecule has 0 aliphatic carbocycles. The summed E-state index contributed by atoms with van der Waals surface area (Å²) in [6, 6.07) is 0. The molecule has 0 rings (SSSR count). The summed E-state index contributed by atoms with van der Waals surface area (Å²) in [4.78, 5) is 31.5. The lowest BCUT2D eigenvalue weighted by Gasteiger charge is -2.00. The average Bonchev–Trinajstić information content (AvgIpc) is 2.52. The van der Waals surface area contributed by atoms with E-state index in [4.69, 9.17) is 0 Å². The van der Waals surface area contributed by atoms with E-state index in [1.54, 1.807) is 12.2 Å². The lowest BCUT2D eigenvalue weighted by Crippen LogP contribution is -2.09. The predicted molar refractivity (Wildman–Crippen MR) is 88.0 cm³/mol. The molecule has 4 heteroatoms. The standard InChI is InChI=1S/C18H30O4/c1-3-5-7-9-11-13-15-17(19)21-22-18(20)16-14-12-10-8-6-4-2/h11-14H,3-10,15-16H2,1-2H3. The Morgan fingerprint density at radius 2 is 1.09 bits per heavy atom. The first kappa shape index (κ1) is 20.4. The molecule has 0 saturated carbocycles. The second-order valence-corrected chi connectivity index (χ2v) is 5.25. The summed E-state index contributed by atoms with van der Waals surface area (Å²) in [5.74, 6) is -1.10. The molecule has 0 amide bonds. The van der Waals surface area contributed by atoms with Crippen molar-refractivity contribution in [3.05, 3.63) is 24.3 Å². The Labute approximate surface area is 134 Å². The van der Waals surface area contributed by atoms with Crippen LogP contribution in [-0.4, -0.2) is 11.9 Å². The van der Waals surface area contributed by atoms with Gasteiger partial charge in [-0.15, -0.1) is 0 Å². The topological polar surface area (TPSA) is 52.6 Å². The SMILES string of the molecule is CCCCCC=CCC(=O)OOC(=O)CC=CCCCCC. The minimum Gasteiger partial charge on any atom is -0.247 e. The summed E-state index contributed by atoms with van der Waals surface area (Å²) >= 11 is 0. The normalized spacial score (nSPS) is 11.2. The quantitative estimate of drug-likeness (QED) is 0.219. The third-order valence-corrected chi connectivity index (χ3v) is 3.08. The second kappa shape index (κ2) is 15.8. The van der Waals surface area contributed by atoms with Crippen LogP contribution in [0.4, 0.5) is 0 Å². The van der Waals surface area contributed by atoms with E-state index in [9.17, 15) is 9.59 Å². The molecule has 0 bridgehead atoms. The van der Waals surface area contributed by atoms with Crippen molar-refractivity contribution >= 4 is 11.9 Å². The molecule has 0 saturated heterocycles. The van der Waals surface area contributed by atoms with E-state index in [0.29, 0.717) is 0 Å². The highest BCUT2D eigenvalue weighted by atomic mass is 17.2. The highest BCUT2D eigenvalue weighted by molar-refractivity contribution is 5.74. The zero-order valence-electron chi connectivity index (χ0n) is 14.0. The summed E-state index contributed by atoms with van der Waals surface area (Å²) in [5, 5.41) is 0. The lowest BCUT2D eigenvalue weighted by molar-refractivity contribution is -0.257. The summed E-state index contributed by atoms with van der Waals surface area (Å²) in [6.07, 6.45) is 16.6. The van der Waals surface area contributed by atoms with Crippen molar-refractivity contribution in [3.8, 4) is 0 Å². The molecule has 0 radical (unpaired) electrons. The number of carbonyl (C=O) groups is 2. The molecule has 0 aliphatic rings. The van der Waals surface area contributed by atoms with Crippen molar-refractivity contribution in [1.82, 2.24) is 0 Å². The van der Waals surface area contributed by atoms with Crippen LogP contribution in [0.5, 0.6) is 0 Å². The summed E-state index contributed by atoms with van der Waals surface area (Å²) in [7, 11) is 0. The van der Waals surface area contributed by atoms with Gasteiger partial charge in [0.25, 0.3) is 0 Å². The molecule has 0 aromatic rings. The zero-order valence-corrected chi connectivity index (χ0v) is 14.0. The van der Waals surface area contributed by atoms with Crippen molar-refractivity contribution in [2.45, 2.75) is 78.1 Å². The van der Waals surface area contributed by atoms with Crippen LogP contribution in [-0.2, 0) is 19.4 Å². The molecule has 0 heterocycles. The maximum Gasteiger partial charge on any atom is 0.359 e. The van der Waals surface area contributed by atoms with Crippen molar-refractivity contribution in [1.29, 1.82) is 0 Å². The first-order valence-electron chi connectivity index (χ1n) is 8.40. The van der Waals surface area contributed by atoms with Gasteiger partial charge in [-0.25, -0.2) is 19.4 Å². The van der Waals surface area contributed by atoms with E-state index >= 15 is 0 Å². The van der Waals surface area contributed by atoms with E-state index in [2.05, 4.69) is 23.6 Å². The largest absolute Gasteiger partial charge is 0.359 e. The molecule has 0 aromatic heterocycles. The molecular formula is C18H30O4. The fraction of sp³-hybridized carbons (Fsp3) is 0.667. The van der Waals surface area contributed by atoms with Crippen LogP contribution in [0.25, 0.3) is 0 Å². The van der Waals surface area contributed by atoms with Gasteiger partial charge in [-0.3, -0.25) is 0 Å². The number of carbonyl (C=O) groups excluding carboxylic acids is 2. The molecule has 0 N–H and O–H groups in total. The number of unbranched alkanes of at least 4 members (excludes halogenated alkanes) is 6. The van der Waals surface area contributed by atoms with Gasteiger partial charge in [-0.1, -0.05) is 63.8 Å². The van der Waals surface area contributed by atoms with E-state index in [1.807, 2.05) is 12.2 Å². The molecule has 126 valence electrons. The van der Waals surface area contributed by atoms with Gasteiger partial charge < -0.3 is 0 Å². The summed E-state index contributed by atoms with van der Waals surface area (Å²) in [6.45, 7) is 4.30. The lowest BCUT2D eigenvalue weighted by atomic mass is 10.2. The number of rotatable bonds is 12. The third kappa shape index (κ3) is 14.8. The predicted octanol–water partition coefficient (Wildman–Crippen LogP) is 5.04. The van der Waals surface area contributed by atoms with Gasteiger partial charge in [0.15, 0.2) is 0 Å². The maximum absolute atomic E-state index is 11.3. The third-order valence-electron chi connectivity index (χ3n) is 3.08. The Morgan fingerprint density at radius 1 is 0.682 bits per heavy atom. The van der Waals surface area contributed by atoms with Gasteiger partial charge >= 0.3 is 11.9 Å². The molecule has 4 nitrogen and oxygen atoms in total. The van der Waals surface area contributed by atoms with Crippen LogP contribution >= 0.6 is 0 Å².